The molecule has 0 amide bonds. The molecule has 1 N–H and O–H groups in total. The van der Waals surface area contributed by atoms with E-state index in [-0.39, 0.29) is 5.56 Å². The number of aromatic carboxylic acids is 1. The van der Waals surface area contributed by atoms with Crippen LogP contribution in [-0.4, -0.2) is 25.2 Å². The predicted molar refractivity (Wildman–Crippen MR) is 81.9 cm³/mol. The van der Waals surface area contributed by atoms with Gasteiger partial charge in [-0.1, -0.05) is 12.0 Å². The Labute approximate surface area is 127 Å². The number of para-hydroxylation sites is 1. The van der Waals surface area contributed by atoms with Crippen LogP contribution in [0.2, 0.25) is 0 Å². The van der Waals surface area contributed by atoms with Crippen molar-refractivity contribution in [2.45, 2.75) is 0 Å². The first kappa shape index (κ1) is 13.7. The third kappa shape index (κ3) is 2.50. The third-order valence-electron chi connectivity index (χ3n) is 3.26. The molecule has 0 bridgehead atoms. The molecule has 5 heteroatoms. The number of aromatic nitrogens is 3. The van der Waals surface area contributed by atoms with Crippen LogP contribution in [0.15, 0.2) is 55.1 Å². The highest BCUT2D eigenvalue weighted by atomic mass is 16.4. The molecule has 0 saturated carbocycles. The summed E-state index contributed by atoms with van der Waals surface area (Å²) < 4.78 is 3.56. The average Bonchev–Trinajstić information content (AvgIpc) is 3.16. The highest BCUT2D eigenvalue weighted by Gasteiger charge is 2.14. The fourth-order valence-electron chi connectivity index (χ4n) is 2.19. The molecule has 0 aliphatic heterocycles. The van der Waals surface area contributed by atoms with E-state index in [0.717, 1.165) is 0 Å². The van der Waals surface area contributed by atoms with Crippen LogP contribution in [0.1, 0.15) is 21.7 Å². The molecular formula is C17H13N3O2. The van der Waals surface area contributed by atoms with E-state index in [4.69, 9.17) is 0 Å². The van der Waals surface area contributed by atoms with Crippen LogP contribution in [0.4, 0.5) is 0 Å². The van der Waals surface area contributed by atoms with Crippen molar-refractivity contribution >= 4 is 5.97 Å². The zero-order chi connectivity index (χ0) is 15.5. The smallest absolute Gasteiger partial charge is 0.337 e. The molecular weight excluding hydrogens is 278 g/mol. The minimum absolute atomic E-state index is 0.211. The van der Waals surface area contributed by atoms with E-state index < -0.39 is 5.97 Å². The number of hydrogen-bond acceptors (Lipinski definition) is 2. The summed E-state index contributed by atoms with van der Waals surface area (Å²) in [6, 6.07) is 8.75. The fourth-order valence-corrected chi connectivity index (χ4v) is 2.19. The second-order valence-electron chi connectivity index (χ2n) is 4.71. The van der Waals surface area contributed by atoms with Gasteiger partial charge in [-0.05, 0) is 30.2 Å². The molecule has 22 heavy (non-hydrogen) atoms. The summed E-state index contributed by atoms with van der Waals surface area (Å²) in [4.78, 5) is 15.6. The van der Waals surface area contributed by atoms with Crippen molar-refractivity contribution in [3.8, 4) is 17.5 Å². The zero-order valence-electron chi connectivity index (χ0n) is 11.9. The summed E-state index contributed by atoms with van der Waals surface area (Å²) in [7, 11) is 1.86. The number of benzene rings is 1. The second-order valence-corrected chi connectivity index (χ2v) is 4.71. The molecule has 2 heterocycles. The van der Waals surface area contributed by atoms with Crippen LogP contribution < -0.4 is 0 Å². The Hall–Kier alpha value is -3.26. The Morgan fingerprint density at radius 3 is 2.55 bits per heavy atom. The first-order valence-electron chi connectivity index (χ1n) is 6.66. The highest BCUT2D eigenvalue weighted by molar-refractivity contribution is 5.93. The summed E-state index contributed by atoms with van der Waals surface area (Å²) in [6.07, 6.45) is 7.08. The Morgan fingerprint density at radius 1 is 1.14 bits per heavy atom. The van der Waals surface area contributed by atoms with E-state index in [1.54, 1.807) is 41.4 Å². The highest BCUT2D eigenvalue weighted by Crippen LogP contribution is 2.20. The molecule has 0 spiro atoms. The number of aryl methyl sites for hydroxylation is 1. The number of nitrogens with zero attached hydrogens (tertiary/aromatic N) is 3. The van der Waals surface area contributed by atoms with E-state index in [9.17, 15) is 9.90 Å². The molecule has 0 saturated heterocycles. The van der Waals surface area contributed by atoms with Gasteiger partial charge >= 0.3 is 5.97 Å². The predicted octanol–water partition coefficient (Wildman–Crippen LogP) is 2.31. The lowest BCUT2D eigenvalue weighted by Gasteiger charge is -2.10. The first-order chi connectivity index (χ1) is 10.7. The molecule has 108 valence electrons. The zero-order valence-corrected chi connectivity index (χ0v) is 11.9. The molecule has 2 aromatic heterocycles. The van der Waals surface area contributed by atoms with Gasteiger partial charge in [-0.3, -0.25) is 0 Å². The molecule has 1 aromatic carbocycles. The molecule has 5 nitrogen and oxygen atoms in total. The second kappa shape index (κ2) is 5.62. The van der Waals surface area contributed by atoms with E-state index in [1.165, 1.54) is 0 Å². The molecule has 0 unspecified atom stereocenters. The number of hydrogen-bond donors (Lipinski definition) is 1. The van der Waals surface area contributed by atoms with Crippen molar-refractivity contribution in [1.82, 2.24) is 14.1 Å². The Kier molecular flexibility index (Phi) is 3.50. The summed E-state index contributed by atoms with van der Waals surface area (Å²) in [6.45, 7) is 0. The fraction of sp³-hybridized carbons (Fsp3) is 0.0588. The van der Waals surface area contributed by atoms with Gasteiger partial charge in [0.2, 0.25) is 0 Å². The summed E-state index contributed by atoms with van der Waals surface area (Å²) in [5.41, 5.74) is 1.41. The number of carboxylic acid groups (broad SMARTS) is 1. The van der Waals surface area contributed by atoms with Crippen molar-refractivity contribution in [3.63, 3.8) is 0 Å². The number of imidazole rings is 1. The Bertz CT molecular complexity index is 880. The van der Waals surface area contributed by atoms with Crippen molar-refractivity contribution in [1.29, 1.82) is 0 Å². The third-order valence-corrected chi connectivity index (χ3v) is 3.26. The molecule has 0 atom stereocenters. The first-order valence-corrected chi connectivity index (χ1v) is 6.66. The molecule has 0 fully saturated rings. The SMILES string of the molecule is Cn1ccnc1C#Cc1cccc(C(=O)O)c1-n1cccc1. The minimum Gasteiger partial charge on any atom is -0.478 e. The quantitative estimate of drug-likeness (QED) is 0.737. The monoisotopic (exact) mass is 291 g/mol. The topological polar surface area (TPSA) is 60.1 Å². The summed E-state index contributed by atoms with van der Waals surface area (Å²) in [5, 5.41) is 9.41. The maximum Gasteiger partial charge on any atom is 0.337 e. The van der Waals surface area contributed by atoms with Gasteiger partial charge in [0.25, 0.3) is 0 Å². The van der Waals surface area contributed by atoms with Gasteiger partial charge in [-0.25, -0.2) is 9.78 Å². The largest absolute Gasteiger partial charge is 0.478 e. The van der Waals surface area contributed by atoms with Gasteiger partial charge < -0.3 is 14.2 Å². The molecule has 0 radical (unpaired) electrons. The van der Waals surface area contributed by atoms with Crippen LogP contribution in [-0.2, 0) is 7.05 Å². The molecule has 0 aliphatic rings. The van der Waals surface area contributed by atoms with Crippen LogP contribution >= 0.6 is 0 Å². The lowest BCUT2D eigenvalue weighted by Crippen LogP contribution is -2.06. The lowest BCUT2D eigenvalue weighted by atomic mass is 10.1. The van der Waals surface area contributed by atoms with E-state index >= 15 is 0 Å². The average molecular weight is 291 g/mol. The molecule has 3 aromatic rings. The van der Waals surface area contributed by atoms with Gasteiger partial charge in [0, 0.05) is 37.4 Å². The van der Waals surface area contributed by atoms with E-state index in [1.807, 2.05) is 29.9 Å². The van der Waals surface area contributed by atoms with Crippen LogP contribution in [0.5, 0.6) is 0 Å². The van der Waals surface area contributed by atoms with Crippen LogP contribution in [0.3, 0.4) is 0 Å². The minimum atomic E-state index is -0.982. The Morgan fingerprint density at radius 2 is 1.91 bits per heavy atom. The standard InChI is InChI=1S/C17H13N3O2/c1-19-12-9-18-15(19)8-7-13-5-4-6-14(17(21)22)16(13)20-10-2-3-11-20/h2-6,9-12H,1H3,(H,21,22). The molecule has 3 rings (SSSR count). The molecule has 0 aliphatic carbocycles. The maximum absolute atomic E-state index is 11.5. The summed E-state index contributed by atoms with van der Waals surface area (Å²) in [5.74, 6) is 5.64. The van der Waals surface area contributed by atoms with Gasteiger partial charge in [0.1, 0.15) is 0 Å². The van der Waals surface area contributed by atoms with E-state index in [0.29, 0.717) is 17.1 Å². The normalized spacial score (nSPS) is 10.0. The van der Waals surface area contributed by atoms with Gasteiger partial charge in [-0.15, -0.1) is 0 Å². The Balaban J connectivity index is 2.16. The van der Waals surface area contributed by atoms with Crippen molar-refractivity contribution < 1.29 is 9.90 Å². The van der Waals surface area contributed by atoms with Gasteiger partial charge in [0.15, 0.2) is 5.82 Å². The van der Waals surface area contributed by atoms with Gasteiger partial charge in [0.05, 0.1) is 11.3 Å². The van der Waals surface area contributed by atoms with E-state index in [2.05, 4.69) is 16.8 Å². The van der Waals surface area contributed by atoms with Crippen LogP contribution in [0, 0.1) is 11.8 Å². The summed E-state index contributed by atoms with van der Waals surface area (Å²) >= 11 is 0. The maximum atomic E-state index is 11.5. The van der Waals surface area contributed by atoms with Crippen molar-refractivity contribution in [2.75, 3.05) is 0 Å². The number of carboxylic acids is 1. The van der Waals surface area contributed by atoms with Crippen LogP contribution in [0.25, 0.3) is 5.69 Å². The van der Waals surface area contributed by atoms with Gasteiger partial charge in [-0.2, -0.15) is 0 Å². The number of carbonyl (C=O) groups is 1. The number of rotatable bonds is 2. The lowest BCUT2D eigenvalue weighted by molar-refractivity contribution is 0.0697. The van der Waals surface area contributed by atoms with Crippen molar-refractivity contribution in [2.24, 2.45) is 7.05 Å². The van der Waals surface area contributed by atoms with Crippen molar-refractivity contribution in [3.05, 3.63) is 72.1 Å².